The third-order valence-electron chi connectivity index (χ3n) is 5.27. The average molecular weight is 427 g/mol. The van der Waals surface area contributed by atoms with E-state index in [2.05, 4.69) is 5.32 Å². The van der Waals surface area contributed by atoms with Gasteiger partial charge in [-0.1, -0.05) is 12.1 Å². The monoisotopic (exact) mass is 426 g/mol. The number of nitrogens with one attached hydrogen (secondary N) is 2. The smallest absolute Gasteiger partial charge is 0.251 e. The SMILES string of the molecule is CN/C=C\C(=N)N1C(=O)[C@@H](N2CC(Oc3ccc(CC(C)(C)O)cc3)=CC2=O)CC1C. The van der Waals surface area contributed by atoms with Crippen molar-refractivity contribution in [3.8, 4) is 5.75 Å². The van der Waals surface area contributed by atoms with Gasteiger partial charge < -0.3 is 20.1 Å². The molecule has 31 heavy (non-hydrogen) atoms. The molecule has 2 amide bonds. The molecule has 2 aliphatic heterocycles. The number of amidine groups is 1. The molecule has 0 spiro atoms. The Hall–Kier alpha value is -3.13. The van der Waals surface area contributed by atoms with Gasteiger partial charge in [-0.2, -0.15) is 0 Å². The van der Waals surface area contributed by atoms with E-state index in [4.69, 9.17) is 10.1 Å². The Bertz CT molecular complexity index is 914. The third kappa shape index (κ3) is 5.32. The second-order valence-electron chi connectivity index (χ2n) is 8.63. The highest BCUT2D eigenvalue weighted by Crippen LogP contribution is 2.28. The second-order valence-corrected chi connectivity index (χ2v) is 8.63. The molecule has 8 nitrogen and oxygen atoms in total. The molecule has 1 saturated heterocycles. The molecule has 2 heterocycles. The van der Waals surface area contributed by atoms with E-state index in [1.807, 2.05) is 19.1 Å². The minimum Gasteiger partial charge on any atom is -0.460 e. The van der Waals surface area contributed by atoms with Crippen LogP contribution in [0.25, 0.3) is 0 Å². The predicted octanol–water partition coefficient (Wildman–Crippen LogP) is 1.80. The molecule has 2 atom stereocenters. The molecule has 0 aliphatic carbocycles. The van der Waals surface area contributed by atoms with Crippen LogP contribution in [0.5, 0.6) is 5.75 Å². The van der Waals surface area contributed by atoms with E-state index in [1.165, 1.54) is 22.0 Å². The van der Waals surface area contributed by atoms with E-state index in [9.17, 15) is 14.7 Å². The Balaban J connectivity index is 1.63. The van der Waals surface area contributed by atoms with Crippen molar-refractivity contribution >= 4 is 17.6 Å². The molecule has 0 aromatic heterocycles. The van der Waals surface area contributed by atoms with Crippen LogP contribution in [0.3, 0.4) is 0 Å². The Labute approximate surface area is 182 Å². The molecule has 1 aromatic carbocycles. The Morgan fingerprint density at radius 1 is 1.32 bits per heavy atom. The lowest BCUT2D eigenvalue weighted by Crippen LogP contribution is -2.44. The van der Waals surface area contributed by atoms with Crippen molar-refractivity contribution in [2.45, 2.75) is 51.3 Å². The maximum Gasteiger partial charge on any atom is 0.251 e. The topological polar surface area (TPSA) is 106 Å². The number of amides is 2. The number of ether oxygens (including phenoxy) is 1. The van der Waals surface area contributed by atoms with Crippen LogP contribution in [-0.4, -0.2) is 63.8 Å². The number of aliphatic hydroxyl groups is 1. The maximum absolute atomic E-state index is 12.9. The summed E-state index contributed by atoms with van der Waals surface area (Å²) in [7, 11) is 1.72. The summed E-state index contributed by atoms with van der Waals surface area (Å²) in [6, 6.07) is 6.58. The first-order valence-corrected chi connectivity index (χ1v) is 10.3. The first kappa shape index (κ1) is 22.6. The highest BCUT2D eigenvalue weighted by atomic mass is 16.5. The fourth-order valence-electron chi connectivity index (χ4n) is 3.93. The summed E-state index contributed by atoms with van der Waals surface area (Å²) in [5, 5.41) is 20.9. The predicted molar refractivity (Wildman–Crippen MR) is 118 cm³/mol. The van der Waals surface area contributed by atoms with Gasteiger partial charge in [0, 0.05) is 25.6 Å². The fraction of sp³-hybridized carbons (Fsp3) is 0.435. The van der Waals surface area contributed by atoms with Gasteiger partial charge in [0.2, 0.25) is 0 Å². The molecule has 1 aromatic rings. The van der Waals surface area contributed by atoms with E-state index in [-0.39, 0.29) is 30.2 Å². The summed E-state index contributed by atoms with van der Waals surface area (Å²) in [6.07, 6.45) is 5.53. The van der Waals surface area contributed by atoms with Gasteiger partial charge >= 0.3 is 0 Å². The van der Waals surface area contributed by atoms with E-state index < -0.39 is 11.6 Å². The molecule has 1 unspecified atom stereocenters. The first-order valence-electron chi connectivity index (χ1n) is 10.3. The van der Waals surface area contributed by atoms with Crippen molar-refractivity contribution in [3.05, 3.63) is 53.9 Å². The van der Waals surface area contributed by atoms with Crippen molar-refractivity contribution in [1.29, 1.82) is 5.41 Å². The Morgan fingerprint density at radius 3 is 2.61 bits per heavy atom. The number of benzene rings is 1. The van der Waals surface area contributed by atoms with E-state index in [1.54, 1.807) is 39.2 Å². The quantitative estimate of drug-likeness (QED) is 0.455. The molecule has 0 radical (unpaired) electrons. The number of carbonyl (C=O) groups is 2. The molecule has 0 bridgehead atoms. The Kier molecular flexibility index (Phi) is 6.50. The molecule has 2 aliphatic rings. The lowest BCUT2D eigenvalue weighted by molar-refractivity contribution is -0.136. The van der Waals surface area contributed by atoms with Crippen molar-refractivity contribution in [2.75, 3.05) is 13.6 Å². The van der Waals surface area contributed by atoms with Gasteiger partial charge in [-0.05, 0) is 57.2 Å². The first-order chi connectivity index (χ1) is 14.6. The largest absolute Gasteiger partial charge is 0.460 e. The van der Waals surface area contributed by atoms with Crippen LogP contribution in [0.15, 0.2) is 48.4 Å². The van der Waals surface area contributed by atoms with E-state index in [0.29, 0.717) is 24.4 Å². The molecule has 3 rings (SSSR count). The zero-order valence-electron chi connectivity index (χ0n) is 18.4. The van der Waals surface area contributed by atoms with Crippen molar-refractivity contribution in [3.63, 3.8) is 0 Å². The molecule has 3 N–H and O–H groups in total. The highest BCUT2D eigenvalue weighted by molar-refractivity contribution is 6.07. The summed E-state index contributed by atoms with van der Waals surface area (Å²) < 4.78 is 5.86. The van der Waals surface area contributed by atoms with Crippen molar-refractivity contribution < 1.29 is 19.4 Å². The average Bonchev–Trinajstić information content (AvgIpc) is 3.18. The molecule has 1 fully saturated rings. The summed E-state index contributed by atoms with van der Waals surface area (Å²) in [5.74, 6) is 0.642. The second kappa shape index (κ2) is 8.93. The highest BCUT2D eigenvalue weighted by Gasteiger charge is 2.45. The normalized spacial score (nSPS) is 21.8. The number of hydrogen-bond acceptors (Lipinski definition) is 6. The lowest BCUT2D eigenvalue weighted by atomic mass is 9.99. The zero-order chi connectivity index (χ0) is 22.8. The van der Waals surface area contributed by atoms with Gasteiger partial charge in [-0.15, -0.1) is 0 Å². The fourth-order valence-corrected chi connectivity index (χ4v) is 3.93. The van der Waals surface area contributed by atoms with Gasteiger partial charge in [0.1, 0.15) is 23.4 Å². The van der Waals surface area contributed by atoms with Crippen LogP contribution in [0.2, 0.25) is 0 Å². The minimum atomic E-state index is -0.790. The molecule has 0 saturated carbocycles. The van der Waals surface area contributed by atoms with Gasteiger partial charge in [0.05, 0.1) is 12.1 Å². The van der Waals surface area contributed by atoms with Gasteiger partial charge in [-0.25, -0.2) is 0 Å². The molecular weight excluding hydrogens is 396 g/mol. The Morgan fingerprint density at radius 2 is 2.00 bits per heavy atom. The van der Waals surface area contributed by atoms with Crippen LogP contribution in [0.1, 0.15) is 32.8 Å². The minimum absolute atomic E-state index is 0.0941. The van der Waals surface area contributed by atoms with Crippen molar-refractivity contribution in [1.82, 2.24) is 15.1 Å². The number of likely N-dealkylation sites (tertiary alicyclic amines) is 1. The summed E-state index contributed by atoms with van der Waals surface area (Å²) >= 11 is 0. The summed E-state index contributed by atoms with van der Waals surface area (Å²) in [5.41, 5.74) is 0.194. The number of carbonyl (C=O) groups excluding carboxylic acids is 2. The number of nitrogens with zero attached hydrogens (tertiary/aromatic N) is 2. The van der Waals surface area contributed by atoms with Gasteiger partial charge in [-0.3, -0.25) is 19.9 Å². The van der Waals surface area contributed by atoms with Crippen LogP contribution < -0.4 is 10.1 Å². The lowest BCUT2D eigenvalue weighted by Gasteiger charge is -2.23. The summed E-state index contributed by atoms with van der Waals surface area (Å²) in [6.45, 7) is 5.60. The zero-order valence-corrected chi connectivity index (χ0v) is 18.4. The maximum atomic E-state index is 12.9. The molecule has 8 heteroatoms. The van der Waals surface area contributed by atoms with Crippen LogP contribution >= 0.6 is 0 Å². The number of rotatable bonds is 7. The summed E-state index contributed by atoms with van der Waals surface area (Å²) in [4.78, 5) is 28.4. The van der Waals surface area contributed by atoms with Gasteiger partial charge in [0.15, 0.2) is 0 Å². The molecular formula is C23H30N4O4. The standard InChI is InChI=1S/C23H30N4O4/c1-15-11-19(22(29)27(15)20(24)9-10-25-4)26-14-18(12-21(26)28)31-17-7-5-16(6-8-17)13-23(2,3)30/h5-10,12,15,19,24-25,30H,11,13-14H2,1-4H3/b10-9-,24-20?/t15?,19-/m0/s1. The van der Waals surface area contributed by atoms with E-state index in [0.717, 1.165) is 5.56 Å². The van der Waals surface area contributed by atoms with Crippen molar-refractivity contribution in [2.24, 2.45) is 0 Å². The number of hydrogen-bond donors (Lipinski definition) is 3. The van der Waals surface area contributed by atoms with Crippen LogP contribution in [0, 0.1) is 5.41 Å². The molecule has 166 valence electrons. The van der Waals surface area contributed by atoms with Crippen LogP contribution in [0.4, 0.5) is 0 Å². The van der Waals surface area contributed by atoms with E-state index >= 15 is 0 Å². The van der Waals surface area contributed by atoms with Crippen LogP contribution in [-0.2, 0) is 16.0 Å². The third-order valence-corrected chi connectivity index (χ3v) is 5.27. The van der Waals surface area contributed by atoms with Gasteiger partial charge in [0.25, 0.3) is 11.8 Å².